The Hall–Kier alpha value is -2.49. The number of aromatic nitrogens is 3. The molecule has 2 aromatic heterocycles. The van der Waals surface area contributed by atoms with E-state index in [2.05, 4.69) is 53.4 Å². The molecule has 0 aliphatic carbocycles. The van der Waals surface area contributed by atoms with Gasteiger partial charge in [-0.2, -0.15) is 0 Å². The number of hydrogen-bond acceptors (Lipinski definition) is 4. The zero-order chi connectivity index (χ0) is 14.8. The van der Waals surface area contributed by atoms with E-state index in [1.165, 1.54) is 16.5 Å². The van der Waals surface area contributed by atoms with Crippen molar-refractivity contribution in [3.8, 4) is 11.3 Å². The van der Waals surface area contributed by atoms with E-state index in [9.17, 15) is 0 Å². The normalized spacial score (nSPS) is 10.8. The molecule has 0 saturated heterocycles. The fourth-order valence-electron chi connectivity index (χ4n) is 2.37. The van der Waals surface area contributed by atoms with Crippen molar-refractivity contribution in [2.45, 2.75) is 20.8 Å². The molecule has 0 saturated carbocycles. The molecule has 0 atom stereocenters. The van der Waals surface area contributed by atoms with Gasteiger partial charge in [0.1, 0.15) is 0 Å². The molecule has 0 aliphatic rings. The molecule has 1 N–H and O–H groups in total. The van der Waals surface area contributed by atoms with Crippen molar-refractivity contribution in [3.63, 3.8) is 0 Å². The topological polar surface area (TPSA) is 50.7 Å². The third-order valence-electron chi connectivity index (χ3n) is 3.45. The fraction of sp³-hybridized carbons (Fsp3) is 0.235. The van der Waals surface area contributed by atoms with Gasteiger partial charge in [0.05, 0.1) is 11.2 Å². The number of anilines is 1. The van der Waals surface area contributed by atoms with E-state index in [1.807, 2.05) is 19.3 Å². The van der Waals surface area contributed by atoms with Crippen molar-refractivity contribution in [3.05, 3.63) is 47.8 Å². The SMILES string of the molecule is CCNc1ncc(-c2cc(C)c3ccc(C)cc3n2)cn1. The molecule has 0 bridgehead atoms. The van der Waals surface area contributed by atoms with E-state index in [4.69, 9.17) is 4.98 Å². The number of pyridine rings is 1. The van der Waals surface area contributed by atoms with Crippen LogP contribution in [0.3, 0.4) is 0 Å². The predicted octanol–water partition coefficient (Wildman–Crippen LogP) is 3.74. The molecule has 0 spiro atoms. The van der Waals surface area contributed by atoms with Crippen LogP contribution in [-0.4, -0.2) is 21.5 Å². The van der Waals surface area contributed by atoms with Crippen molar-refractivity contribution in [1.82, 2.24) is 15.0 Å². The van der Waals surface area contributed by atoms with Gasteiger partial charge in [-0.05, 0) is 44.0 Å². The standard InChI is InChI=1S/C17H18N4/c1-4-18-17-19-9-13(10-20-17)15-8-12(3)14-6-5-11(2)7-16(14)21-15/h5-10H,4H2,1-3H3,(H,18,19,20). The van der Waals surface area contributed by atoms with Crippen molar-refractivity contribution in [2.75, 3.05) is 11.9 Å². The molecule has 3 rings (SSSR count). The highest BCUT2D eigenvalue weighted by Gasteiger charge is 2.06. The zero-order valence-corrected chi connectivity index (χ0v) is 12.5. The quantitative estimate of drug-likeness (QED) is 0.793. The van der Waals surface area contributed by atoms with Crippen LogP contribution in [0.2, 0.25) is 0 Å². The van der Waals surface area contributed by atoms with E-state index >= 15 is 0 Å². The maximum absolute atomic E-state index is 4.74. The maximum Gasteiger partial charge on any atom is 0.222 e. The van der Waals surface area contributed by atoms with Crippen molar-refractivity contribution >= 4 is 16.9 Å². The van der Waals surface area contributed by atoms with Gasteiger partial charge in [-0.1, -0.05) is 12.1 Å². The molecule has 4 heteroatoms. The lowest BCUT2D eigenvalue weighted by Gasteiger charge is -2.08. The summed E-state index contributed by atoms with van der Waals surface area (Å²) in [6, 6.07) is 8.44. The van der Waals surface area contributed by atoms with E-state index < -0.39 is 0 Å². The Kier molecular flexibility index (Phi) is 3.52. The van der Waals surface area contributed by atoms with Crippen LogP contribution in [-0.2, 0) is 0 Å². The van der Waals surface area contributed by atoms with Gasteiger partial charge in [-0.25, -0.2) is 15.0 Å². The molecular weight excluding hydrogens is 260 g/mol. The van der Waals surface area contributed by atoms with E-state index in [1.54, 1.807) is 0 Å². The molecule has 1 aromatic carbocycles. The lowest BCUT2D eigenvalue weighted by molar-refractivity contribution is 1.08. The third kappa shape index (κ3) is 2.70. The van der Waals surface area contributed by atoms with E-state index in [0.29, 0.717) is 5.95 Å². The Morgan fingerprint density at radius 1 is 1.05 bits per heavy atom. The van der Waals surface area contributed by atoms with Gasteiger partial charge in [0.25, 0.3) is 0 Å². The summed E-state index contributed by atoms with van der Waals surface area (Å²) < 4.78 is 0. The largest absolute Gasteiger partial charge is 0.355 e. The molecule has 2 heterocycles. The molecule has 0 aliphatic heterocycles. The average molecular weight is 278 g/mol. The number of nitrogens with one attached hydrogen (secondary N) is 1. The summed E-state index contributed by atoms with van der Waals surface area (Å²) >= 11 is 0. The maximum atomic E-state index is 4.74. The van der Waals surface area contributed by atoms with Crippen LogP contribution in [0, 0.1) is 13.8 Å². The molecule has 0 radical (unpaired) electrons. The summed E-state index contributed by atoms with van der Waals surface area (Å²) in [6.07, 6.45) is 3.63. The van der Waals surface area contributed by atoms with Gasteiger partial charge in [0.2, 0.25) is 5.95 Å². The summed E-state index contributed by atoms with van der Waals surface area (Å²) in [7, 11) is 0. The minimum Gasteiger partial charge on any atom is -0.355 e. The lowest BCUT2D eigenvalue weighted by atomic mass is 10.1. The Labute approximate surface area is 124 Å². The number of rotatable bonds is 3. The monoisotopic (exact) mass is 278 g/mol. The molecule has 0 unspecified atom stereocenters. The first-order valence-corrected chi connectivity index (χ1v) is 7.11. The van der Waals surface area contributed by atoms with Crippen molar-refractivity contribution in [2.24, 2.45) is 0 Å². The van der Waals surface area contributed by atoms with Crippen LogP contribution >= 0.6 is 0 Å². The first-order chi connectivity index (χ1) is 10.2. The van der Waals surface area contributed by atoms with Gasteiger partial charge in [0.15, 0.2) is 0 Å². The van der Waals surface area contributed by atoms with Crippen LogP contribution in [0.5, 0.6) is 0 Å². The molecule has 0 fully saturated rings. The van der Waals surface area contributed by atoms with Crippen LogP contribution < -0.4 is 5.32 Å². The highest BCUT2D eigenvalue weighted by Crippen LogP contribution is 2.24. The summed E-state index contributed by atoms with van der Waals surface area (Å²) in [5, 5.41) is 4.28. The van der Waals surface area contributed by atoms with Gasteiger partial charge in [-0.3, -0.25) is 0 Å². The average Bonchev–Trinajstić information content (AvgIpc) is 2.48. The smallest absolute Gasteiger partial charge is 0.222 e. The summed E-state index contributed by atoms with van der Waals surface area (Å²) in [5.74, 6) is 0.648. The summed E-state index contributed by atoms with van der Waals surface area (Å²) in [6.45, 7) is 7.02. The Balaban J connectivity index is 2.07. The predicted molar refractivity (Wildman–Crippen MR) is 86.4 cm³/mol. The van der Waals surface area contributed by atoms with Gasteiger partial charge in [-0.15, -0.1) is 0 Å². The second kappa shape index (κ2) is 5.48. The lowest BCUT2D eigenvalue weighted by Crippen LogP contribution is -2.01. The Morgan fingerprint density at radius 2 is 1.81 bits per heavy atom. The number of nitrogens with zero attached hydrogens (tertiary/aromatic N) is 3. The van der Waals surface area contributed by atoms with Crippen LogP contribution in [0.1, 0.15) is 18.1 Å². The Morgan fingerprint density at radius 3 is 2.52 bits per heavy atom. The first-order valence-electron chi connectivity index (χ1n) is 7.11. The number of aryl methyl sites for hydroxylation is 2. The third-order valence-corrected chi connectivity index (χ3v) is 3.45. The first kappa shape index (κ1) is 13.5. The van der Waals surface area contributed by atoms with E-state index in [0.717, 1.165) is 23.3 Å². The second-order valence-electron chi connectivity index (χ2n) is 5.17. The number of fused-ring (bicyclic) bond motifs is 1. The fourth-order valence-corrected chi connectivity index (χ4v) is 2.37. The van der Waals surface area contributed by atoms with Crippen LogP contribution in [0.25, 0.3) is 22.2 Å². The summed E-state index contributed by atoms with van der Waals surface area (Å²) in [4.78, 5) is 13.4. The van der Waals surface area contributed by atoms with Crippen LogP contribution in [0.15, 0.2) is 36.7 Å². The van der Waals surface area contributed by atoms with Crippen molar-refractivity contribution in [1.29, 1.82) is 0 Å². The molecule has 0 amide bonds. The van der Waals surface area contributed by atoms with Gasteiger partial charge < -0.3 is 5.32 Å². The summed E-state index contributed by atoms with van der Waals surface area (Å²) in [5.41, 5.74) is 5.29. The minimum absolute atomic E-state index is 0.648. The number of benzene rings is 1. The Bertz CT molecular complexity index is 779. The zero-order valence-electron chi connectivity index (χ0n) is 12.5. The molecule has 21 heavy (non-hydrogen) atoms. The number of hydrogen-bond donors (Lipinski definition) is 1. The van der Waals surface area contributed by atoms with Crippen molar-refractivity contribution < 1.29 is 0 Å². The van der Waals surface area contributed by atoms with Gasteiger partial charge in [0, 0.05) is 29.9 Å². The van der Waals surface area contributed by atoms with Crippen LogP contribution in [0.4, 0.5) is 5.95 Å². The molecular formula is C17H18N4. The molecule has 3 aromatic rings. The van der Waals surface area contributed by atoms with Gasteiger partial charge >= 0.3 is 0 Å². The highest BCUT2D eigenvalue weighted by atomic mass is 15.1. The minimum atomic E-state index is 0.648. The molecule has 4 nitrogen and oxygen atoms in total. The molecule has 106 valence electrons. The van der Waals surface area contributed by atoms with E-state index in [-0.39, 0.29) is 0 Å². The second-order valence-corrected chi connectivity index (χ2v) is 5.17. The highest BCUT2D eigenvalue weighted by molar-refractivity contribution is 5.85.